The summed E-state index contributed by atoms with van der Waals surface area (Å²) in [5.74, 6) is -1.08. The van der Waals surface area contributed by atoms with Crippen LogP contribution in [0.5, 0.6) is 0 Å². The van der Waals surface area contributed by atoms with Gasteiger partial charge in [0.25, 0.3) is 8.32 Å². The van der Waals surface area contributed by atoms with Gasteiger partial charge in [-0.3, -0.25) is 4.79 Å². The van der Waals surface area contributed by atoms with Crippen molar-refractivity contribution in [1.82, 2.24) is 5.43 Å². The van der Waals surface area contributed by atoms with Gasteiger partial charge in [0.1, 0.15) is 11.7 Å². The number of hydrogen-bond donors (Lipinski definition) is 1. The van der Waals surface area contributed by atoms with Crippen LogP contribution in [0.1, 0.15) is 60.1 Å². The molecular formula is C31H37BrN2O4Si. The normalized spacial score (nSPS) is 13.5. The lowest BCUT2D eigenvalue weighted by Crippen LogP contribution is -2.67. The van der Waals surface area contributed by atoms with Gasteiger partial charge >= 0.3 is 5.97 Å². The molecule has 0 fully saturated rings. The van der Waals surface area contributed by atoms with Gasteiger partial charge in [0.15, 0.2) is 5.71 Å². The summed E-state index contributed by atoms with van der Waals surface area (Å²) in [5.41, 5.74) is 2.32. The summed E-state index contributed by atoms with van der Waals surface area (Å²) in [6.07, 6.45) is -0.964. The third-order valence-corrected chi connectivity index (χ3v) is 11.8. The van der Waals surface area contributed by atoms with Crippen LogP contribution in [-0.4, -0.2) is 31.5 Å². The lowest BCUT2D eigenvalue weighted by atomic mass is 10.0. The van der Waals surface area contributed by atoms with Gasteiger partial charge in [0.2, 0.25) is 5.91 Å². The number of hydrazone groups is 1. The fraction of sp³-hybridized carbons (Fsp3) is 0.323. The van der Waals surface area contributed by atoms with E-state index in [1.165, 1.54) is 6.92 Å². The summed E-state index contributed by atoms with van der Waals surface area (Å²) in [5, 5.41) is 6.02. The first-order valence-corrected chi connectivity index (χ1v) is 15.6. The van der Waals surface area contributed by atoms with Gasteiger partial charge in [-0.1, -0.05) is 116 Å². The topological polar surface area (TPSA) is 77.0 Å². The summed E-state index contributed by atoms with van der Waals surface area (Å²) < 4.78 is 13.9. The Morgan fingerprint density at radius 3 is 1.74 bits per heavy atom. The highest BCUT2D eigenvalue weighted by molar-refractivity contribution is 9.10. The number of ether oxygens (including phenoxy) is 1. The average Bonchev–Trinajstić information content (AvgIpc) is 2.85. The first-order chi connectivity index (χ1) is 18.3. The monoisotopic (exact) mass is 608 g/mol. The second kappa shape index (κ2) is 12.4. The van der Waals surface area contributed by atoms with Crippen LogP contribution in [0.15, 0.2) is 94.5 Å². The van der Waals surface area contributed by atoms with Crippen molar-refractivity contribution < 1.29 is 18.8 Å². The zero-order chi connectivity index (χ0) is 28.8. The third-order valence-electron chi connectivity index (χ3n) is 6.09. The molecule has 3 rings (SSSR count). The molecule has 0 spiro atoms. The van der Waals surface area contributed by atoms with E-state index in [2.05, 4.69) is 71.5 Å². The van der Waals surface area contributed by atoms with E-state index in [4.69, 9.17) is 9.16 Å². The van der Waals surface area contributed by atoms with Gasteiger partial charge in [-0.25, -0.2) is 10.2 Å². The molecule has 8 heteroatoms. The number of nitrogens with zero attached hydrogens (tertiary/aromatic N) is 1. The van der Waals surface area contributed by atoms with Crippen molar-refractivity contribution in [2.45, 2.75) is 65.2 Å². The minimum absolute atomic E-state index is 0.0417. The van der Waals surface area contributed by atoms with Crippen molar-refractivity contribution >= 4 is 52.2 Å². The van der Waals surface area contributed by atoms with E-state index in [1.807, 2.05) is 60.7 Å². The van der Waals surface area contributed by atoms with E-state index in [0.717, 1.165) is 14.8 Å². The molecule has 0 aromatic heterocycles. The lowest BCUT2D eigenvalue weighted by molar-refractivity contribution is -0.146. The molecule has 39 heavy (non-hydrogen) atoms. The number of esters is 1. The molecule has 0 aliphatic heterocycles. The minimum Gasteiger partial charge on any atom is -0.455 e. The molecule has 1 N–H and O–H groups in total. The highest BCUT2D eigenvalue weighted by Crippen LogP contribution is 2.41. The predicted molar refractivity (Wildman–Crippen MR) is 163 cm³/mol. The van der Waals surface area contributed by atoms with Gasteiger partial charge < -0.3 is 9.16 Å². The Morgan fingerprint density at radius 1 is 0.821 bits per heavy atom. The van der Waals surface area contributed by atoms with Crippen molar-refractivity contribution in [3.8, 4) is 0 Å². The van der Waals surface area contributed by atoms with Crippen molar-refractivity contribution in [3.05, 3.63) is 95.0 Å². The third kappa shape index (κ3) is 7.32. The van der Waals surface area contributed by atoms with Gasteiger partial charge in [-0.15, -0.1) is 0 Å². The van der Waals surface area contributed by atoms with Crippen LogP contribution in [0.2, 0.25) is 5.04 Å². The quantitative estimate of drug-likeness (QED) is 0.149. The SMILES string of the molecule is CC(=O)N/N=C(/C(=O)OC(C)(C)C)C(O[Si](c1ccccc1)(c1ccccc1)C(C)(C)C)c1ccccc1Br. The van der Waals surface area contributed by atoms with Crippen LogP contribution < -0.4 is 15.8 Å². The number of rotatable bonds is 8. The Hall–Kier alpha value is -3.07. The van der Waals surface area contributed by atoms with Gasteiger partial charge in [-0.2, -0.15) is 5.10 Å². The molecule has 1 amide bonds. The second-order valence-corrected chi connectivity index (χ2v) is 16.5. The van der Waals surface area contributed by atoms with E-state index in [1.54, 1.807) is 20.8 Å². The van der Waals surface area contributed by atoms with Crippen molar-refractivity contribution in [3.63, 3.8) is 0 Å². The standard InChI is InChI=1S/C31H37BrN2O4Si/c1-22(35)33-34-27(29(36)37-30(2,3)4)28(25-20-14-15-21-26(25)32)38-39(31(5,6)7,23-16-10-8-11-17-23)24-18-12-9-13-19-24/h8-21,28H,1-7H3,(H,33,35)/b34-27+. The largest absolute Gasteiger partial charge is 0.455 e. The van der Waals surface area contributed by atoms with Crippen LogP contribution >= 0.6 is 15.9 Å². The number of hydrogen-bond acceptors (Lipinski definition) is 5. The van der Waals surface area contributed by atoms with Crippen LogP contribution in [-0.2, 0) is 18.8 Å². The summed E-state index contributed by atoms with van der Waals surface area (Å²) in [4.78, 5) is 25.7. The number of carbonyl (C=O) groups excluding carboxylic acids is 2. The van der Waals surface area contributed by atoms with E-state index in [-0.39, 0.29) is 10.7 Å². The van der Waals surface area contributed by atoms with E-state index < -0.39 is 31.9 Å². The van der Waals surface area contributed by atoms with Gasteiger partial charge in [0, 0.05) is 17.0 Å². The maximum absolute atomic E-state index is 13.7. The molecule has 0 aliphatic carbocycles. The number of halogens is 1. The highest BCUT2D eigenvalue weighted by atomic mass is 79.9. The Kier molecular flexibility index (Phi) is 9.69. The highest BCUT2D eigenvalue weighted by Gasteiger charge is 2.53. The number of nitrogens with one attached hydrogen (secondary N) is 1. The molecule has 3 aromatic rings. The van der Waals surface area contributed by atoms with Crippen molar-refractivity contribution in [1.29, 1.82) is 0 Å². The molecule has 0 aliphatic rings. The summed E-state index contributed by atoms with van der Waals surface area (Å²) >= 11 is 3.67. The molecular weight excluding hydrogens is 572 g/mol. The zero-order valence-electron chi connectivity index (χ0n) is 23.6. The van der Waals surface area contributed by atoms with Crippen LogP contribution in [0, 0.1) is 0 Å². The lowest BCUT2D eigenvalue weighted by Gasteiger charge is -2.45. The fourth-order valence-electron chi connectivity index (χ4n) is 4.50. The maximum Gasteiger partial charge on any atom is 0.358 e. The maximum atomic E-state index is 13.7. The van der Waals surface area contributed by atoms with Gasteiger partial charge in [-0.05, 0) is 42.2 Å². The number of benzene rings is 3. The van der Waals surface area contributed by atoms with Crippen LogP contribution in [0.25, 0.3) is 0 Å². The molecule has 0 saturated carbocycles. The molecule has 0 heterocycles. The summed E-state index contributed by atoms with van der Waals surface area (Å²) in [6.45, 7) is 13.2. The molecule has 0 bridgehead atoms. The predicted octanol–water partition coefficient (Wildman–Crippen LogP) is 5.90. The van der Waals surface area contributed by atoms with E-state index >= 15 is 0 Å². The molecule has 1 unspecified atom stereocenters. The molecule has 3 aromatic carbocycles. The summed E-state index contributed by atoms with van der Waals surface area (Å²) in [6, 6.07) is 27.9. The Balaban J connectivity index is 2.38. The molecule has 206 valence electrons. The van der Waals surface area contributed by atoms with Crippen LogP contribution in [0.4, 0.5) is 0 Å². The molecule has 0 radical (unpaired) electrons. The Bertz CT molecular complexity index is 1280. The molecule has 0 saturated heterocycles. The van der Waals surface area contributed by atoms with Gasteiger partial charge in [0.05, 0.1) is 0 Å². The number of amides is 1. The first-order valence-electron chi connectivity index (χ1n) is 12.9. The van der Waals surface area contributed by atoms with E-state index in [0.29, 0.717) is 5.56 Å². The first kappa shape index (κ1) is 30.5. The smallest absolute Gasteiger partial charge is 0.358 e. The Labute approximate surface area is 241 Å². The second-order valence-electron chi connectivity index (χ2n) is 11.3. The minimum atomic E-state index is -3.16. The number of carbonyl (C=O) groups is 2. The zero-order valence-corrected chi connectivity index (χ0v) is 26.2. The van der Waals surface area contributed by atoms with Crippen LogP contribution in [0.3, 0.4) is 0 Å². The summed E-state index contributed by atoms with van der Waals surface area (Å²) in [7, 11) is -3.16. The molecule has 6 nitrogen and oxygen atoms in total. The molecule has 1 atom stereocenters. The Morgan fingerprint density at radius 2 is 1.31 bits per heavy atom. The van der Waals surface area contributed by atoms with Crippen molar-refractivity contribution in [2.24, 2.45) is 5.10 Å². The average molecular weight is 610 g/mol. The fourth-order valence-corrected chi connectivity index (χ4v) is 9.60. The van der Waals surface area contributed by atoms with Crippen molar-refractivity contribution in [2.75, 3.05) is 0 Å². The van der Waals surface area contributed by atoms with E-state index in [9.17, 15) is 9.59 Å².